The molecule has 140 valence electrons. The first-order valence-corrected chi connectivity index (χ1v) is 10.0. The molecule has 0 aromatic heterocycles. The number of hydrogen-bond donors (Lipinski definition) is 0. The summed E-state index contributed by atoms with van der Waals surface area (Å²) in [4.78, 5) is 14.8. The van der Waals surface area contributed by atoms with Gasteiger partial charge in [-0.25, -0.2) is 4.79 Å². The van der Waals surface area contributed by atoms with Crippen molar-refractivity contribution in [3.63, 3.8) is 0 Å². The number of benzene rings is 2. The van der Waals surface area contributed by atoms with Gasteiger partial charge in [-0.1, -0.05) is 67.6 Å². The van der Waals surface area contributed by atoms with Crippen LogP contribution in [-0.2, 0) is 17.8 Å². The summed E-state index contributed by atoms with van der Waals surface area (Å²) in [5.41, 5.74) is 5.08. The molecule has 4 rings (SSSR count). The van der Waals surface area contributed by atoms with Gasteiger partial charge in [0.1, 0.15) is 6.61 Å². The molecule has 2 bridgehead atoms. The minimum atomic E-state index is -0.175. The zero-order valence-electron chi connectivity index (χ0n) is 15.9. The normalized spacial score (nSPS) is 21.5. The number of carbonyl (C=O) groups is 1. The molecule has 3 heteroatoms. The van der Waals surface area contributed by atoms with Crippen molar-refractivity contribution >= 4 is 11.7 Å². The molecule has 2 heterocycles. The molecule has 2 aromatic carbocycles. The molecule has 0 radical (unpaired) electrons. The molecular weight excluding hydrogens is 334 g/mol. The van der Waals surface area contributed by atoms with Crippen molar-refractivity contribution in [2.24, 2.45) is 0 Å². The summed E-state index contributed by atoms with van der Waals surface area (Å²) in [5.74, 6) is 0. The van der Waals surface area contributed by atoms with Crippen molar-refractivity contribution in [1.29, 1.82) is 0 Å². The third-order valence-corrected chi connectivity index (χ3v) is 5.76. The Balaban J connectivity index is 1.50. The third kappa shape index (κ3) is 3.92. The maximum Gasteiger partial charge on any atom is 0.410 e. The molecule has 0 spiro atoms. The van der Waals surface area contributed by atoms with E-state index in [0.29, 0.717) is 6.61 Å². The molecule has 2 aliphatic rings. The number of nitrogens with zero attached hydrogens (tertiary/aromatic N) is 1. The molecule has 2 aliphatic heterocycles. The highest BCUT2D eigenvalue weighted by Crippen LogP contribution is 2.37. The van der Waals surface area contributed by atoms with Gasteiger partial charge >= 0.3 is 6.09 Å². The van der Waals surface area contributed by atoms with Gasteiger partial charge in [-0.05, 0) is 54.4 Å². The van der Waals surface area contributed by atoms with E-state index < -0.39 is 0 Å². The topological polar surface area (TPSA) is 29.5 Å². The lowest BCUT2D eigenvalue weighted by Crippen LogP contribution is -2.51. The molecule has 1 fully saturated rings. The molecule has 1 saturated heterocycles. The van der Waals surface area contributed by atoms with E-state index in [-0.39, 0.29) is 18.2 Å². The highest BCUT2D eigenvalue weighted by Gasteiger charge is 2.38. The smallest absolute Gasteiger partial charge is 0.410 e. The van der Waals surface area contributed by atoms with Crippen molar-refractivity contribution in [3.05, 3.63) is 77.4 Å². The summed E-state index contributed by atoms with van der Waals surface area (Å²) in [6, 6.07) is 19.1. The first-order valence-electron chi connectivity index (χ1n) is 10.0. The Kier molecular flexibility index (Phi) is 5.28. The van der Waals surface area contributed by atoms with E-state index in [4.69, 9.17) is 4.74 Å². The summed E-state index contributed by atoms with van der Waals surface area (Å²) in [6.45, 7) is 2.53. The summed E-state index contributed by atoms with van der Waals surface area (Å²) < 4.78 is 5.64. The predicted octanol–water partition coefficient (Wildman–Crippen LogP) is 5.60. The van der Waals surface area contributed by atoms with Crippen molar-refractivity contribution in [1.82, 2.24) is 4.90 Å². The number of carbonyl (C=O) groups excluding carboxylic acids is 1. The van der Waals surface area contributed by atoms with Gasteiger partial charge in [0.25, 0.3) is 0 Å². The largest absolute Gasteiger partial charge is 0.445 e. The fourth-order valence-corrected chi connectivity index (χ4v) is 4.31. The van der Waals surface area contributed by atoms with Crippen molar-refractivity contribution in [2.45, 2.75) is 57.7 Å². The Morgan fingerprint density at radius 2 is 1.89 bits per heavy atom. The molecule has 3 nitrogen and oxygen atoms in total. The van der Waals surface area contributed by atoms with Crippen LogP contribution in [0.15, 0.2) is 60.7 Å². The van der Waals surface area contributed by atoms with Crippen molar-refractivity contribution in [3.8, 4) is 0 Å². The van der Waals surface area contributed by atoms with Crippen LogP contribution in [0.5, 0.6) is 0 Å². The lowest BCUT2D eigenvalue weighted by molar-refractivity contribution is 0.0510. The summed E-state index contributed by atoms with van der Waals surface area (Å²) in [5, 5.41) is 0. The standard InChI is InChI=1S/C24H27NO2/c1-2-18-10-6-11-20(14-18)21-15-22-12-7-13-23(16-21)25(22)24(26)27-17-19-8-4-3-5-9-19/h3-6,8-11,14-15,22-23H,2,7,12-13,16-17H2,1H3. The van der Waals surface area contributed by atoms with Gasteiger partial charge in [0, 0.05) is 6.04 Å². The number of fused-ring (bicyclic) bond motifs is 2. The molecule has 0 aliphatic carbocycles. The van der Waals surface area contributed by atoms with Crippen LogP contribution >= 0.6 is 0 Å². The number of aryl methyl sites for hydroxylation is 1. The first-order chi connectivity index (χ1) is 13.2. The van der Waals surface area contributed by atoms with Gasteiger partial charge in [-0.3, -0.25) is 4.90 Å². The summed E-state index contributed by atoms with van der Waals surface area (Å²) in [6.07, 6.45) is 7.35. The van der Waals surface area contributed by atoms with E-state index >= 15 is 0 Å². The van der Waals surface area contributed by atoms with Gasteiger partial charge in [-0.2, -0.15) is 0 Å². The maximum atomic E-state index is 12.8. The average Bonchev–Trinajstić information content (AvgIpc) is 2.72. The molecule has 1 amide bonds. The molecule has 0 saturated carbocycles. The Labute approximate surface area is 161 Å². The zero-order chi connectivity index (χ0) is 18.6. The monoisotopic (exact) mass is 361 g/mol. The lowest BCUT2D eigenvalue weighted by Gasteiger charge is -2.44. The van der Waals surface area contributed by atoms with E-state index in [1.807, 2.05) is 35.2 Å². The van der Waals surface area contributed by atoms with E-state index in [1.165, 1.54) is 23.1 Å². The first kappa shape index (κ1) is 17.8. The molecule has 27 heavy (non-hydrogen) atoms. The fraction of sp³-hybridized carbons (Fsp3) is 0.375. The van der Waals surface area contributed by atoms with Crippen LogP contribution < -0.4 is 0 Å². The zero-order valence-corrected chi connectivity index (χ0v) is 15.9. The molecular formula is C24H27NO2. The number of rotatable bonds is 4. The van der Waals surface area contributed by atoms with Crippen LogP contribution in [0.2, 0.25) is 0 Å². The van der Waals surface area contributed by atoms with Gasteiger partial charge < -0.3 is 4.74 Å². The second-order valence-corrected chi connectivity index (χ2v) is 7.55. The summed E-state index contributed by atoms with van der Waals surface area (Å²) in [7, 11) is 0. The number of ether oxygens (including phenoxy) is 1. The van der Waals surface area contributed by atoms with Crippen LogP contribution in [0, 0.1) is 0 Å². The third-order valence-electron chi connectivity index (χ3n) is 5.76. The number of hydrogen-bond acceptors (Lipinski definition) is 2. The maximum absolute atomic E-state index is 12.8. The van der Waals surface area contributed by atoms with Crippen molar-refractivity contribution < 1.29 is 9.53 Å². The van der Waals surface area contributed by atoms with E-state index in [2.05, 4.69) is 37.3 Å². The Morgan fingerprint density at radius 1 is 1.07 bits per heavy atom. The molecule has 2 unspecified atom stereocenters. The molecule has 2 aromatic rings. The Hall–Kier alpha value is -2.55. The van der Waals surface area contributed by atoms with Crippen LogP contribution in [0.25, 0.3) is 5.57 Å². The SMILES string of the molecule is CCc1cccc(C2=CC3CCCC(C2)N3C(=O)OCc2ccccc2)c1. The van der Waals surface area contributed by atoms with Gasteiger partial charge in [-0.15, -0.1) is 0 Å². The van der Waals surface area contributed by atoms with Gasteiger partial charge in [0.05, 0.1) is 6.04 Å². The minimum Gasteiger partial charge on any atom is -0.445 e. The Morgan fingerprint density at radius 3 is 2.67 bits per heavy atom. The van der Waals surface area contributed by atoms with Gasteiger partial charge in [0.15, 0.2) is 0 Å². The highest BCUT2D eigenvalue weighted by atomic mass is 16.6. The van der Waals surface area contributed by atoms with Crippen LogP contribution in [-0.4, -0.2) is 23.1 Å². The highest BCUT2D eigenvalue weighted by molar-refractivity contribution is 5.74. The van der Waals surface area contributed by atoms with Crippen LogP contribution in [0.4, 0.5) is 4.79 Å². The number of piperidine rings is 1. The van der Waals surface area contributed by atoms with Crippen molar-refractivity contribution in [2.75, 3.05) is 0 Å². The van der Waals surface area contributed by atoms with E-state index in [1.54, 1.807) is 0 Å². The number of amides is 1. The minimum absolute atomic E-state index is 0.154. The predicted molar refractivity (Wildman–Crippen MR) is 108 cm³/mol. The lowest BCUT2D eigenvalue weighted by atomic mass is 9.83. The Bertz CT molecular complexity index is 827. The molecule has 2 atom stereocenters. The summed E-state index contributed by atoms with van der Waals surface area (Å²) >= 11 is 0. The second kappa shape index (κ2) is 7.99. The van der Waals surface area contributed by atoms with E-state index in [9.17, 15) is 4.79 Å². The van der Waals surface area contributed by atoms with E-state index in [0.717, 1.165) is 31.2 Å². The average molecular weight is 361 g/mol. The molecule has 0 N–H and O–H groups in total. The van der Waals surface area contributed by atoms with Crippen LogP contribution in [0.3, 0.4) is 0 Å². The van der Waals surface area contributed by atoms with Crippen LogP contribution in [0.1, 0.15) is 49.3 Å². The van der Waals surface area contributed by atoms with Gasteiger partial charge in [0.2, 0.25) is 0 Å². The second-order valence-electron chi connectivity index (χ2n) is 7.55. The quantitative estimate of drug-likeness (QED) is 0.710. The fourth-order valence-electron chi connectivity index (χ4n) is 4.31.